The van der Waals surface area contributed by atoms with Gasteiger partial charge in [-0.3, -0.25) is 9.59 Å². The van der Waals surface area contributed by atoms with Crippen LogP contribution in [0.2, 0.25) is 0 Å². The number of hydrogen-bond acceptors (Lipinski definition) is 5. The van der Waals surface area contributed by atoms with Gasteiger partial charge in [0.1, 0.15) is 12.1 Å². The fourth-order valence-corrected chi connectivity index (χ4v) is 2.06. The average molecular weight is 339 g/mol. The molecule has 0 unspecified atom stereocenters. The largest absolute Gasteiger partial charge is 0.480 e. The highest BCUT2D eigenvalue weighted by Gasteiger charge is 2.30. The Kier molecular flexibility index (Phi) is 7.37. The van der Waals surface area contributed by atoms with E-state index in [2.05, 4.69) is 20.6 Å². The lowest BCUT2D eigenvalue weighted by atomic mass is 9.98. The molecule has 0 saturated carbocycles. The Bertz CT molecular complexity index is 558. The number of aliphatic carboxylic acids is 1. The third-order valence-corrected chi connectivity index (χ3v) is 3.79. The third kappa shape index (κ3) is 5.65. The normalized spacial score (nSPS) is 15.8. The average Bonchev–Trinajstić information content (AvgIpc) is 3.03. The predicted molar refractivity (Wildman–Crippen MR) is 86.9 cm³/mol. The van der Waals surface area contributed by atoms with Gasteiger partial charge in [-0.15, -0.1) is 0 Å². The Labute approximate surface area is 140 Å². The third-order valence-electron chi connectivity index (χ3n) is 3.79. The fraction of sp³-hybridized carbons (Fsp3) is 0.600. The van der Waals surface area contributed by atoms with Gasteiger partial charge >= 0.3 is 5.97 Å². The molecule has 1 aromatic heterocycles. The number of nitrogens with one attached hydrogen (secondary N) is 3. The van der Waals surface area contributed by atoms with Gasteiger partial charge in [0.25, 0.3) is 0 Å². The maximum absolute atomic E-state index is 12.5. The van der Waals surface area contributed by atoms with Crippen molar-refractivity contribution in [2.24, 2.45) is 11.7 Å². The molecule has 0 aromatic carbocycles. The number of nitrogens with zero attached hydrogens (tertiary/aromatic N) is 1. The standard InChI is InChI=1S/C15H25N5O4/c1-4-8(2)12(15(23)24)20-14(22)11(19-13(21)9(3)16)5-10-6-17-7-18-10/h6-9,11-12H,4-5,16H2,1-3H3,(H,17,18)(H,19,21)(H,20,22)(H,23,24)/t8-,9-,11-,12-/m0/s1. The van der Waals surface area contributed by atoms with Crippen LogP contribution in [0.5, 0.6) is 0 Å². The summed E-state index contributed by atoms with van der Waals surface area (Å²) in [4.78, 5) is 42.5. The van der Waals surface area contributed by atoms with Gasteiger partial charge in [-0.25, -0.2) is 9.78 Å². The van der Waals surface area contributed by atoms with E-state index in [1.54, 1.807) is 13.1 Å². The van der Waals surface area contributed by atoms with Crippen molar-refractivity contribution in [1.82, 2.24) is 20.6 Å². The van der Waals surface area contributed by atoms with Gasteiger partial charge < -0.3 is 26.5 Å². The molecule has 0 aliphatic carbocycles. The van der Waals surface area contributed by atoms with Crippen LogP contribution in [0.15, 0.2) is 12.5 Å². The minimum atomic E-state index is -1.12. The molecule has 1 rings (SSSR count). The van der Waals surface area contributed by atoms with Crippen LogP contribution in [0.4, 0.5) is 0 Å². The summed E-state index contributed by atoms with van der Waals surface area (Å²) in [6.07, 6.45) is 3.77. The van der Waals surface area contributed by atoms with Crippen LogP contribution < -0.4 is 16.4 Å². The molecule has 4 atom stereocenters. The highest BCUT2D eigenvalue weighted by atomic mass is 16.4. The van der Waals surface area contributed by atoms with Crippen LogP contribution in [0.3, 0.4) is 0 Å². The van der Waals surface area contributed by atoms with Crippen molar-refractivity contribution in [3.05, 3.63) is 18.2 Å². The number of aromatic amines is 1. The summed E-state index contributed by atoms with van der Waals surface area (Å²) in [5.41, 5.74) is 6.08. The number of imidazole rings is 1. The minimum Gasteiger partial charge on any atom is -0.480 e. The molecule has 0 saturated heterocycles. The van der Waals surface area contributed by atoms with Crippen molar-refractivity contribution in [2.45, 2.75) is 51.7 Å². The maximum Gasteiger partial charge on any atom is 0.326 e. The lowest BCUT2D eigenvalue weighted by Crippen LogP contribution is -2.56. The van der Waals surface area contributed by atoms with Gasteiger partial charge in [0.2, 0.25) is 11.8 Å². The van der Waals surface area contributed by atoms with Crippen molar-refractivity contribution in [3.63, 3.8) is 0 Å². The predicted octanol–water partition coefficient (Wildman–Crippen LogP) is -0.600. The molecule has 0 aliphatic rings. The van der Waals surface area contributed by atoms with Crippen LogP contribution in [0, 0.1) is 5.92 Å². The summed E-state index contributed by atoms with van der Waals surface area (Å²) in [7, 11) is 0. The van der Waals surface area contributed by atoms with Crippen molar-refractivity contribution >= 4 is 17.8 Å². The molecule has 9 heteroatoms. The molecule has 0 fully saturated rings. The summed E-state index contributed by atoms with van der Waals surface area (Å²) in [5.74, 6) is -2.45. The van der Waals surface area contributed by atoms with Crippen LogP contribution in [-0.4, -0.2) is 51.0 Å². The number of rotatable bonds is 9. The van der Waals surface area contributed by atoms with E-state index in [9.17, 15) is 19.5 Å². The first-order valence-corrected chi connectivity index (χ1v) is 7.83. The number of carboxylic acid groups (broad SMARTS) is 1. The zero-order valence-electron chi connectivity index (χ0n) is 14.1. The second kappa shape index (κ2) is 9.02. The van der Waals surface area contributed by atoms with Crippen LogP contribution >= 0.6 is 0 Å². The number of carbonyl (C=O) groups is 3. The lowest BCUT2D eigenvalue weighted by molar-refractivity contribution is -0.143. The number of hydrogen-bond donors (Lipinski definition) is 5. The van der Waals surface area contributed by atoms with Gasteiger partial charge in [-0.05, 0) is 12.8 Å². The molecule has 1 aromatic rings. The highest BCUT2D eigenvalue weighted by molar-refractivity contribution is 5.91. The van der Waals surface area contributed by atoms with Crippen molar-refractivity contribution < 1.29 is 19.5 Å². The second-order valence-corrected chi connectivity index (χ2v) is 5.82. The molecule has 2 amide bonds. The van der Waals surface area contributed by atoms with Gasteiger partial charge in [0, 0.05) is 12.6 Å². The van der Waals surface area contributed by atoms with E-state index < -0.39 is 35.9 Å². The van der Waals surface area contributed by atoms with Gasteiger partial charge in [-0.2, -0.15) is 0 Å². The Balaban J connectivity index is 2.88. The molecule has 24 heavy (non-hydrogen) atoms. The number of carboxylic acids is 1. The first-order valence-electron chi connectivity index (χ1n) is 7.83. The molecular formula is C15H25N5O4. The summed E-state index contributed by atoms with van der Waals surface area (Å²) in [6, 6.07) is -2.78. The van der Waals surface area contributed by atoms with E-state index in [1.165, 1.54) is 13.3 Å². The second-order valence-electron chi connectivity index (χ2n) is 5.82. The summed E-state index contributed by atoms with van der Waals surface area (Å²) >= 11 is 0. The molecule has 0 aliphatic heterocycles. The van der Waals surface area contributed by atoms with Crippen LogP contribution in [0.25, 0.3) is 0 Å². The SMILES string of the molecule is CC[C@H](C)[C@H](NC(=O)[C@H](Cc1c[nH]cn1)NC(=O)[C@H](C)N)C(=O)O. The topological polar surface area (TPSA) is 150 Å². The van der Waals surface area contributed by atoms with Gasteiger partial charge in [-0.1, -0.05) is 20.3 Å². The minimum absolute atomic E-state index is 0.126. The number of H-pyrrole nitrogens is 1. The number of nitrogens with two attached hydrogens (primary N) is 1. The molecule has 0 bridgehead atoms. The Morgan fingerprint density at radius 3 is 2.42 bits per heavy atom. The summed E-state index contributed by atoms with van der Waals surface area (Å²) in [5, 5.41) is 14.3. The molecule has 9 nitrogen and oxygen atoms in total. The van der Waals surface area contributed by atoms with Gasteiger partial charge in [0.15, 0.2) is 0 Å². The van der Waals surface area contributed by atoms with Crippen molar-refractivity contribution in [1.29, 1.82) is 0 Å². The molecule has 134 valence electrons. The van der Waals surface area contributed by atoms with Crippen molar-refractivity contribution in [3.8, 4) is 0 Å². The highest BCUT2D eigenvalue weighted by Crippen LogP contribution is 2.09. The van der Waals surface area contributed by atoms with Gasteiger partial charge in [0.05, 0.1) is 18.1 Å². The quantitative estimate of drug-likeness (QED) is 0.405. The zero-order valence-corrected chi connectivity index (χ0v) is 14.1. The summed E-state index contributed by atoms with van der Waals surface area (Å²) < 4.78 is 0. The first kappa shape index (κ1) is 19.6. The monoisotopic (exact) mass is 339 g/mol. The maximum atomic E-state index is 12.5. The van der Waals surface area contributed by atoms with E-state index in [-0.39, 0.29) is 12.3 Å². The number of aromatic nitrogens is 2. The summed E-state index contributed by atoms with van der Waals surface area (Å²) in [6.45, 7) is 5.08. The smallest absolute Gasteiger partial charge is 0.326 e. The van der Waals surface area contributed by atoms with Crippen LogP contribution in [-0.2, 0) is 20.8 Å². The lowest BCUT2D eigenvalue weighted by Gasteiger charge is -2.24. The molecular weight excluding hydrogens is 314 g/mol. The molecule has 0 radical (unpaired) electrons. The van der Waals surface area contributed by atoms with E-state index in [4.69, 9.17) is 5.73 Å². The molecule has 6 N–H and O–H groups in total. The van der Waals surface area contributed by atoms with E-state index >= 15 is 0 Å². The van der Waals surface area contributed by atoms with E-state index in [0.717, 1.165) is 0 Å². The fourth-order valence-electron chi connectivity index (χ4n) is 2.06. The Hall–Kier alpha value is -2.42. The van der Waals surface area contributed by atoms with E-state index in [0.29, 0.717) is 12.1 Å². The van der Waals surface area contributed by atoms with Crippen molar-refractivity contribution in [2.75, 3.05) is 0 Å². The first-order chi connectivity index (χ1) is 11.3. The Morgan fingerprint density at radius 2 is 1.96 bits per heavy atom. The zero-order chi connectivity index (χ0) is 18.3. The molecule has 1 heterocycles. The van der Waals surface area contributed by atoms with Crippen LogP contribution in [0.1, 0.15) is 32.9 Å². The van der Waals surface area contributed by atoms with E-state index in [1.807, 2.05) is 6.92 Å². The number of carbonyl (C=O) groups excluding carboxylic acids is 2. The number of amides is 2. The Morgan fingerprint density at radius 1 is 1.29 bits per heavy atom. The molecule has 0 spiro atoms.